The predicted octanol–water partition coefficient (Wildman–Crippen LogP) is 3.73. The highest BCUT2D eigenvalue weighted by Crippen LogP contribution is 2.35. The van der Waals surface area contributed by atoms with Gasteiger partial charge < -0.3 is 4.90 Å². The van der Waals surface area contributed by atoms with Crippen LogP contribution in [0.25, 0.3) is 33.0 Å². The van der Waals surface area contributed by atoms with Crippen molar-refractivity contribution in [2.45, 2.75) is 25.7 Å². The average Bonchev–Trinajstić information content (AvgIpc) is 3.39. The standard InChI is InChI=1S/C21H19F2N7OS/c1-12-24-10-13(11-25-12)18-27-17(15-3-6-26-29(15)2)14-9-16(32-19(14)28-18)20(31)30-7-4-21(22,23)5-8-30/h3,6,9-11H,4-5,7-8H2,1-2H3. The first kappa shape index (κ1) is 20.6. The quantitative estimate of drug-likeness (QED) is 0.468. The minimum absolute atomic E-state index is 0.0340. The first-order valence-corrected chi connectivity index (χ1v) is 10.9. The van der Waals surface area contributed by atoms with Gasteiger partial charge in [0, 0.05) is 57.0 Å². The Morgan fingerprint density at radius 2 is 1.88 bits per heavy atom. The minimum Gasteiger partial charge on any atom is -0.338 e. The molecule has 4 aromatic heterocycles. The average molecular weight is 455 g/mol. The Labute approximate surface area is 186 Å². The number of hydrogen-bond donors (Lipinski definition) is 0. The van der Waals surface area contributed by atoms with E-state index in [1.807, 2.05) is 13.1 Å². The molecular weight excluding hydrogens is 436 g/mol. The molecule has 5 heterocycles. The number of likely N-dealkylation sites (tertiary alicyclic amines) is 1. The lowest BCUT2D eigenvalue weighted by Crippen LogP contribution is -2.42. The lowest BCUT2D eigenvalue weighted by atomic mass is 10.1. The van der Waals surface area contributed by atoms with E-state index in [4.69, 9.17) is 4.98 Å². The number of alkyl halides is 2. The monoisotopic (exact) mass is 455 g/mol. The molecule has 1 saturated heterocycles. The van der Waals surface area contributed by atoms with Crippen LogP contribution in [0.3, 0.4) is 0 Å². The molecule has 11 heteroatoms. The van der Waals surface area contributed by atoms with Gasteiger partial charge >= 0.3 is 0 Å². The highest BCUT2D eigenvalue weighted by atomic mass is 32.1. The van der Waals surface area contributed by atoms with Gasteiger partial charge in [-0.1, -0.05) is 0 Å². The molecule has 0 radical (unpaired) electrons. The van der Waals surface area contributed by atoms with Gasteiger partial charge in [-0.3, -0.25) is 9.48 Å². The summed E-state index contributed by atoms with van der Waals surface area (Å²) < 4.78 is 28.7. The minimum atomic E-state index is -2.71. The lowest BCUT2D eigenvalue weighted by molar-refractivity contribution is -0.0493. The van der Waals surface area contributed by atoms with Gasteiger partial charge in [-0.05, 0) is 19.1 Å². The fraction of sp³-hybridized carbons (Fsp3) is 0.333. The predicted molar refractivity (Wildman–Crippen MR) is 115 cm³/mol. The van der Waals surface area contributed by atoms with E-state index < -0.39 is 5.92 Å². The second kappa shape index (κ2) is 7.66. The van der Waals surface area contributed by atoms with Crippen molar-refractivity contribution < 1.29 is 13.6 Å². The zero-order chi connectivity index (χ0) is 22.5. The summed E-state index contributed by atoms with van der Waals surface area (Å²) in [6.07, 6.45) is 4.35. The van der Waals surface area contributed by atoms with Crippen molar-refractivity contribution >= 4 is 27.5 Å². The molecule has 0 saturated carbocycles. The molecule has 1 aliphatic heterocycles. The molecule has 0 spiro atoms. The van der Waals surface area contributed by atoms with E-state index in [2.05, 4.69) is 20.1 Å². The summed E-state index contributed by atoms with van der Waals surface area (Å²) in [4.78, 5) is 33.4. The summed E-state index contributed by atoms with van der Waals surface area (Å²) in [5, 5.41) is 4.94. The second-order valence-corrected chi connectivity index (χ2v) is 8.76. The summed E-state index contributed by atoms with van der Waals surface area (Å²) in [5.41, 5.74) is 2.05. The molecule has 164 valence electrons. The molecule has 32 heavy (non-hydrogen) atoms. The Bertz CT molecular complexity index is 1310. The van der Waals surface area contributed by atoms with Gasteiger partial charge in [-0.25, -0.2) is 28.7 Å². The molecule has 0 bridgehead atoms. The molecular formula is C21H19F2N7OS. The second-order valence-electron chi connectivity index (χ2n) is 7.73. The van der Waals surface area contributed by atoms with Crippen molar-refractivity contribution in [3.63, 3.8) is 0 Å². The van der Waals surface area contributed by atoms with Gasteiger partial charge in [-0.2, -0.15) is 5.10 Å². The van der Waals surface area contributed by atoms with Crippen molar-refractivity contribution in [1.29, 1.82) is 0 Å². The maximum atomic E-state index is 13.5. The number of nitrogens with zero attached hydrogens (tertiary/aromatic N) is 7. The molecule has 1 amide bonds. The van der Waals surface area contributed by atoms with E-state index in [1.165, 1.54) is 16.2 Å². The van der Waals surface area contributed by atoms with Crippen LogP contribution in [0.5, 0.6) is 0 Å². The summed E-state index contributed by atoms with van der Waals surface area (Å²) in [6.45, 7) is 1.86. The molecule has 0 aliphatic carbocycles. The number of amides is 1. The Morgan fingerprint density at radius 1 is 1.16 bits per heavy atom. The number of carbonyl (C=O) groups excluding carboxylic acids is 1. The highest BCUT2D eigenvalue weighted by molar-refractivity contribution is 7.20. The third-order valence-electron chi connectivity index (χ3n) is 5.49. The largest absolute Gasteiger partial charge is 0.338 e. The van der Waals surface area contributed by atoms with Crippen LogP contribution < -0.4 is 0 Å². The van der Waals surface area contributed by atoms with Gasteiger partial charge in [-0.15, -0.1) is 11.3 Å². The molecule has 8 nitrogen and oxygen atoms in total. The Morgan fingerprint density at radius 3 is 2.53 bits per heavy atom. The fourth-order valence-electron chi connectivity index (χ4n) is 3.66. The summed E-state index contributed by atoms with van der Waals surface area (Å²) in [5.74, 6) is -1.90. The SMILES string of the molecule is Cc1ncc(-c2nc(-c3ccnn3C)c3cc(C(=O)N4CCC(F)(F)CC4)sc3n2)cn1. The van der Waals surface area contributed by atoms with Crippen LogP contribution in [0.2, 0.25) is 0 Å². The molecule has 0 N–H and O–H groups in total. The lowest BCUT2D eigenvalue weighted by Gasteiger charge is -2.31. The van der Waals surface area contributed by atoms with Gasteiger partial charge in [0.05, 0.1) is 16.1 Å². The number of hydrogen-bond acceptors (Lipinski definition) is 7. The van der Waals surface area contributed by atoms with E-state index >= 15 is 0 Å². The van der Waals surface area contributed by atoms with Crippen LogP contribution in [-0.2, 0) is 7.05 Å². The fourth-order valence-corrected chi connectivity index (χ4v) is 4.66. The number of fused-ring (bicyclic) bond motifs is 1. The van der Waals surface area contributed by atoms with Gasteiger partial charge in [0.1, 0.15) is 16.3 Å². The highest BCUT2D eigenvalue weighted by Gasteiger charge is 2.36. The Kier molecular flexibility index (Phi) is 4.92. The zero-order valence-corrected chi connectivity index (χ0v) is 18.2. The number of aryl methyl sites for hydroxylation is 2. The molecule has 1 fully saturated rings. The van der Waals surface area contributed by atoms with Gasteiger partial charge in [0.15, 0.2) is 5.82 Å². The maximum absolute atomic E-state index is 13.5. The molecule has 0 aromatic carbocycles. The number of thiophene rings is 1. The van der Waals surface area contributed by atoms with E-state index in [1.54, 1.807) is 36.3 Å². The first-order valence-electron chi connectivity index (χ1n) is 10.1. The summed E-state index contributed by atoms with van der Waals surface area (Å²) in [6, 6.07) is 3.58. The molecule has 1 aliphatic rings. The number of halogens is 2. The topological polar surface area (TPSA) is 89.7 Å². The van der Waals surface area contributed by atoms with E-state index in [9.17, 15) is 13.6 Å². The van der Waals surface area contributed by atoms with Crippen LogP contribution in [0.1, 0.15) is 28.3 Å². The van der Waals surface area contributed by atoms with Crippen molar-refractivity contribution in [2.24, 2.45) is 7.05 Å². The van der Waals surface area contributed by atoms with Crippen LogP contribution in [0.15, 0.2) is 30.7 Å². The maximum Gasteiger partial charge on any atom is 0.264 e. The molecule has 0 unspecified atom stereocenters. The number of carbonyl (C=O) groups is 1. The van der Waals surface area contributed by atoms with Crippen LogP contribution in [-0.4, -0.2) is 59.5 Å². The van der Waals surface area contributed by atoms with Gasteiger partial charge in [0.25, 0.3) is 11.8 Å². The Balaban J connectivity index is 1.60. The normalized spacial score (nSPS) is 15.9. The third-order valence-corrected chi connectivity index (χ3v) is 6.51. The van der Waals surface area contributed by atoms with Gasteiger partial charge in [0.2, 0.25) is 0 Å². The van der Waals surface area contributed by atoms with Crippen LogP contribution in [0, 0.1) is 6.92 Å². The first-order chi connectivity index (χ1) is 15.3. The summed E-state index contributed by atoms with van der Waals surface area (Å²) in [7, 11) is 1.81. The van der Waals surface area contributed by atoms with Crippen LogP contribution >= 0.6 is 11.3 Å². The number of piperidine rings is 1. The van der Waals surface area contributed by atoms with Crippen molar-refractivity contribution in [2.75, 3.05) is 13.1 Å². The van der Waals surface area contributed by atoms with E-state index in [0.29, 0.717) is 38.0 Å². The van der Waals surface area contributed by atoms with Crippen molar-refractivity contribution in [3.8, 4) is 22.8 Å². The smallest absolute Gasteiger partial charge is 0.264 e. The van der Waals surface area contributed by atoms with Crippen molar-refractivity contribution in [1.82, 2.24) is 34.6 Å². The number of aromatic nitrogens is 6. The van der Waals surface area contributed by atoms with Crippen molar-refractivity contribution in [3.05, 3.63) is 41.4 Å². The molecule has 5 rings (SSSR count). The zero-order valence-electron chi connectivity index (χ0n) is 17.4. The summed E-state index contributed by atoms with van der Waals surface area (Å²) >= 11 is 1.23. The Hall–Kier alpha value is -3.34. The molecule has 4 aromatic rings. The molecule has 0 atom stereocenters. The van der Waals surface area contributed by atoms with E-state index in [0.717, 1.165) is 5.69 Å². The third kappa shape index (κ3) is 3.72. The van der Waals surface area contributed by atoms with Crippen LogP contribution in [0.4, 0.5) is 8.78 Å². The van der Waals surface area contributed by atoms with E-state index in [-0.39, 0.29) is 31.8 Å². The number of rotatable bonds is 3.